The van der Waals surface area contributed by atoms with E-state index in [9.17, 15) is 0 Å². The van der Waals surface area contributed by atoms with Crippen molar-refractivity contribution in [1.82, 2.24) is 5.32 Å². The van der Waals surface area contributed by atoms with Crippen LogP contribution in [0, 0.1) is 0 Å². The third kappa shape index (κ3) is 3.14. The number of hydrogen-bond donors (Lipinski definition) is 1. The molecule has 1 aliphatic heterocycles. The summed E-state index contributed by atoms with van der Waals surface area (Å²) in [5.41, 5.74) is 0.986. The van der Waals surface area contributed by atoms with Crippen molar-refractivity contribution >= 4 is 0 Å². The summed E-state index contributed by atoms with van der Waals surface area (Å²) in [6.07, 6.45) is 1.79. The Kier molecular flexibility index (Phi) is 5.40. The third-order valence-corrected chi connectivity index (χ3v) is 4.06. The van der Waals surface area contributed by atoms with Crippen LogP contribution in [0.15, 0.2) is 24.3 Å². The second-order valence-corrected chi connectivity index (χ2v) is 5.11. The fourth-order valence-corrected chi connectivity index (χ4v) is 3.01. The summed E-state index contributed by atoms with van der Waals surface area (Å²) < 4.78 is 17.0. The molecular weight excluding hydrogens is 254 g/mol. The van der Waals surface area contributed by atoms with Crippen LogP contribution in [0.25, 0.3) is 0 Å². The number of likely N-dealkylation sites (N-methyl/N-ethyl adjacent to an activating group) is 1. The van der Waals surface area contributed by atoms with Gasteiger partial charge in [-0.25, -0.2) is 0 Å². The SMILES string of the molecule is CCOc1cccc(C(NC)C2(OC)CCOCC2)c1. The first-order chi connectivity index (χ1) is 9.75. The van der Waals surface area contributed by atoms with Gasteiger partial charge in [0.15, 0.2) is 0 Å². The summed E-state index contributed by atoms with van der Waals surface area (Å²) in [6, 6.07) is 8.38. The van der Waals surface area contributed by atoms with Gasteiger partial charge in [-0.1, -0.05) is 12.1 Å². The predicted octanol–water partition coefficient (Wildman–Crippen LogP) is 2.54. The second kappa shape index (κ2) is 7.07. The lowest BCUT2D eigenvalue weighted by atomic mass is 9.82. The van der Waals surface area contributed by atoms with Gasteiger partial charge in [0.1, 0.15) is 5.75 Å². The average molecular weight is 279 g/mol. The fraction of sp³-hybridized carbons (Fsp3) is 0.625. The van der Waals surface area contributed by atoms with E-state index in [2.05, 4.69) is 17.4 Å². The highest BCUT2D eigenvalue weighted by molar-refractivity contribution is 5.32. The molecule has 1 unspecified atom stereocenters. The van der Waals surface area contributed by atoms with E-state index in [0.29, 0.717) is 6.61 Å². The van der Waals surface area contributed by atoms with Gasteiger partial charge in [0, 0.05) is 33.2 Å². The maximum atomic E-state index is 5.90. The zero-order valence-corrected chi connectivity index (χ0v) is 12.6. The number of benzene rings is 1. The molecule has 20 heavy (non-hydrogen) atoms. The Bertz CT molecular complexity index is 416. The molecule has 2 rings (SSSR count). The largest absolute Gasteiger partial charge is 0.494 e. The minimum absolute atomic E-state index is 0.136. The molecule has 112 valence electrons. The molecule has 1 saturated heterocycles. The van der Waals surface area contributed by atoms with Gasteiger partial charge in [-0.3, -0.25) is 0 Å². The molecule has 0 aromatic heterocycles. The Hall–Kier alpha value is -1.10. The Balaban J connectivity index is 2.27. The van der Waals surface area contributed by atoms with Gasteiger partial charge >= 0.3 is 0 Å². The van der Waals surface area contributed by atoms with Gasteiger partial charge in [0.2, 0.25) is 0 Å². The van der Waals surface area contributed by atoms with Crippen molar-refractivity contribution in [3.05, 3.63) is 29.8 Å². The molecule has 0 bridgehead atoms. The topological polar surface area (TPSA) is 39.7 Å². The van der Waals surface area contributed by atoms with Gasteiger partial charge in [0.05, 0.1) is 18.2 Å². The van der Waals surface area contributed by atoms with Crippen molar-refractivity contribution in [1.29, 1.82) is 0 Å². The standard InChI is InChI=1S/C16H25NO3/c1-4-20-14-7-5-6-13(12-14)15(17-2)16(18-3)8-10-19-11-9-16/h5-7,12,15,17H,4,8-11H2,1-3H3. The van der Waals surface area contributed by atoms with Crippen LogP contribution in [0.5, 0.6) is 5.75 Å². The lowest BCUT2D eigenvalue weighted by Crippen LogP contribution is -2.48. The minimum Gasteiger partial charge on any atom is -0.494 e. The van der Waals surface area contributed by atoms with Crippen LogP contribution in [0.4, 0.5) is 0 Å². The quantitative estimate of drug-likeness (QED) is 0.868. The maximum Gasteiger partial charge on any atom is 0.119 e. The molecular formula is C16H25NO3. The van der Waals surface area contributed by atoms with Crippen LogP contribution >= 0.6 is 0 Å². The summed E-state index contributed by atoms with van der Waals surface area (Å²) >= 11 is 0. The Labute approximate surface area is 121 Å². The van der Waals surface area contributed by atoms with Gasteiger partial charge in [0.25, 0.3) is 0 Å². The third-order valence-electron chi connectivity index (χ3n) is 4.06. The molecule has 1 aromatic rings. The van der Waals surface area contributed by atoms with E-state index in [1.807, 2.05) is 26.1 Å². The van der Waals surface area contributed by atoms with Crippen LogP contribution in [0.2, 0.25) is 0 Å². The van der Waals surface area contributed by atoms with Crippen LogP contribution in [-0.2, 0) is 9.47 Å². The minimum atomic E-state index is -0.210. The number of methoxy groups -OCH3 is 1. The molecule has 4 nitrogen and oxygen atoms in total. The van der Waals surface area contributed by atoms with Crippen molar-refractivity contribution < 1.29 is 14.2 Å². The molecule has 1 aromatic carbocycles. The summed E-state index contributed by atoms with van der Waals surface area (Å²) in [6.45, 7) is 4.17. The molecule has 1 fully saturated rings. The van der Waals surface area contributed by atoms with E-state index < -0.39 is 0 Å². The fourth-order valence-electron chi connectivity index (χ4n) is 3.01. The van der Waals surface area contributed by atoms with Crippen LogP contribution < -0.4 is 10.1 Å². The molecule has 0 amide bonds. The Morgan fingerprint density at radius 1 is 1.35 bits per heavy atom. The van der Waals surface area contributed by atoms with Gasteiger partial charge in [-0.05, 0) is 31.7 Å². The molecule has 0 radical (unpaired) electrons. The van der Waals surface area contributed by atoms with E-state index >= 15 is 0 Å². The highest BCUT2D eigenvalue weighted by atomic mass is 16.5. The molecule has 1 N–H and O–H groups in total. The summed E-state index contributed by atoms with van der Waals surface area (Å²) in [4.78, 5) is 0. The summed E-state index contributed by atoms with van der Waals surface area (Å²) in [5.74, 6) is 0.906. The van der Waals surface area contributed by atoms with Crippen molar-refractivity contribution in [3.8, 4) is 5.75 Å². The lowest BCUT2D eigenvalue weighted by Gasteiger charge is -2.42. The molecule has 0 spiro atoms. The predicted molar refractivity (Wildman–Crippen MR) is 79.2 cm³/mol. The van der Waals surface area contributed by atoms with Gasteiger partial charge < -0.3 is 19.5 Å². The van der Waals surface area contributed by atoms with Crippen LogP contribution in [0.3, 0.4) is 0 Å². The Morgan fingerprint density at radius 2 is 2.10 bits per heavy atom. The smallest absolute Gasteiger partial charge is 0.119 e. The normalized spacial score (nSPS) is 19.6. The lowest BCUT2D eigenvalue weighted by molar-refractivity contribution is -0.110. The van der Waals surface area contributed by atoms with Crippen molar-refractivity contribution in [2.45, 2.75) is 31.4 Å². The summed E-state index contributed by atoms with van der Waals surface area (Å²) in [7, 11) is 3.77. The number of nitrogens with one attached hydrogen (secondary N) is 1. The molecule has 0 saturated carbocycles. The molecule has 4 heteroatoms. The molecule has 0 aliphatic carbocycles. The summed E-state index contributed by atoms with van der Waals surface area (Å²) in [5, 5.41) is 3.41. The zero-order chi connectivity index (χ0) is 14.4. The Morgan fingerprint density at radius 3 is 2.70 bits per heavy atom. The monoisotopic (exact) mass is 279 g/mol. The maximum absolute atomic E-state index is 5.90. The van der Waals surface area contributed by atoms with E-state index in [1.165, 1.54) is 5.56 Å². The first-order valence-electron chi connectivity index (χ1n) is 7.28. The highest BCUT2D eigenvalue weighted by Gasteiger charge is 2.40. The molecule has 1 aliphatic rings. The van der Waals surface area contributed by atoms with E-state index in [4.69, 9.17) is 14.2 Å². The number of rotatable bonds is 6. The number of ether oxygens (including phenoxy) is 3. The second-order valence-electron chi connectivity index (χ2n) is 5.11. The van der Waals surface area contributed by atoms with E-state index in [1.54, 1.807) is 7.11 Å². The van der Waals surface area contributed by atoms with Crippen molar-refractivity contribution in [3.63, 3.8) is 0 Å². The first-order valence-corrected chi connectivity index (χ1v) is 7.28. The van der Waals surface area contributed by atoms with Crippen molar-refractivity contribution in [2.24, 2.45) is 0 Å². The van der Waals surface area contributed by atoms with Crippen LogP contribution in [-0.4, -0.2) is 39.6 Å². The van der Waals surface area contributed by atoms with E-state index in [0.717, 1.165) is 31.8 Å². The average Bonchev–Trinajstić information content (AvgIpc) is 2.50. The van der Waals surface area contributed by atoms with Gasteiger partial charge in [-0.15, -0.1) is 0 Å². The first kappa shape index (κ1) is 15.3. The highest BCUT2D eigenvalue weighted by Crippen LogP contribution is 2.37. The zero-order valence-electron chi connectivity index (χ0n) is 12.6. The van der Waals surface area contributed by atoms with Crippen molar-refractivity contribution in [2.75, 3.05) is 34.0 Å². The van der Waals surface area contributed by atoms with E-state index in [-0.39, 0.29) is 11.6 Å². The van der Waals surface area contributed by atoms with Crippen LogP contribution in [0.1, 0.15) is 31.4 Å². The van der Waals surface area contributed by atoms with Gasteiger partial charge in [-0.2, -0.15) is 0 Å². The molecule has 1 heterocycles. The number of hydrogen-bond acceptors (Lipinski definition) is 4. The molecule has 1 atom stereocenters.